The Labute approximate surface area is 411 Å². The molecule has 0 spiro atoms. The fourth-order valence-corrected chi connectivity index (χ4v) is 11.1. The predicted octanol–water partition coefficient (Wildman–Crippen LogP) is 19.1. The number of para-hydroxylation sites is 5. The molecule has 0 fully saturated rings. The van der Waals surface area contributed by atoms with Crippen molar-refractivity contribution in [3.05, 3.63) is 267 Å². The summed E-state index contributed by atoms with van der Waals surface area (Å²) in [7, 11) is 0. The van der Waals surface area contributed by atoms with E-state index in [-0.39, 0.29) is 0 Å². The maximum Gasteiger partial charge on any atom is 0.143 e. The zero-order chi connectivity index (χ0) is 46.8. The molecule has 332 valence electrons. The molecule has 0 N–H and O–H groups in total. The van der Waals surface area contributed by atoms with Crippen LogP contribution >= 0.6 is 0 Å². The van der Waals surface area contributed by atoms with E-state index < -0.39 is 0 Å². The van der Waals surface area contributed by atoms with Crippen molar-refractivity contribution in [1.82, 2.24) is 4.57 Å². The van der Waals surface area contributed by atoms with E-state index in [1.807, 2.05) is 12.1 Å². The molecule has 2 heterocycles. The normalized spacial score (nSPS) is 11.7. The number of benzene rings is 12. The molecule has 0 bridgehead atoms. The van der Waals surface area contributed by atoms with Gasteiger partial charge in [0.25, 0.3) is 0 Å². The van der Waals surface area contributed by atoms with Gasteiger partial charge in [0.1, 0.15) is 11.2 Å². The van der Waals surface area contributed by atoms with Gasteiger partial charge >= 0.3 is 0 Å². The highest BCUT2D eigenvalue weighted by molar-refractivity contribution is 6.13. The van der Waals surface area contributed by atoms with Crippen LogP contribution < -0.4 is 4.90 Å². The molecular weight excluding hydrogens is 861 g/mol. The summed E-state index contributed by atoms with van der Waals surface area (Å²) >= 11 is 0. The largest absolute Gasteiger partial charge is 0.455 e. The third-order valence-corrected chi connectivity index (χ3v) is 14.4. The van der Waals surface area contributed by atoms with Gasteiger partial charge in [-0.3, -0.25) is 0 Å². The van der Waals surface area contributed by atoms with Gasteiger partial charge < -0.3 is 13.9 Å². The molecule has 14 rings (SSSR count). The molecular formula is C68H44N2O. The van der Waals surface area contributed by atoms with E-state index in [4.69, 9.17) is 4.42 Å². The zero-order valence-electron chi connectivity index (χ0n) is 38.7. The van der Waals surface area contributed by atoms with E-state index in [9.17, 15) is 0 Å². The average molecular weight is 905 g/mol. The van der Waals surface area contributed by atoms with E-state index in [1.165, 1.54) is 48.9 Å². The first-order chi connectivity index (χ1) is 35.2. The van der Waals surface area contributed by atoms with Crippen molar-refractivity contribution in [3.63, 3.8) is 0 Å². The van der Waals surface area contributed by atoms with Crippen LogP contribution in [0.15, 0.2) is 271 Å². The molecule has 0 saturated heterocycles. The topological polar surface area (TPSA) is 21.3 Å². The molecule has 14 aromatic rings. The first kappa shape index (κ1) is 40.6. The predicted molar refractivity (Wildman–Crippen MR) is 299 cm³/mol. The third-order valence-electron chi connectivity index (χ3n) is 14.4. The van der Waals surface area contributed by atoms with Crippen LogP contribution in [-0.2, 0) is 0 Å². The summed E-state index contributed by atoms with van der Waals surface area (Å²) in [6.45, 7) is 0. The minimum absolute atomic E-state index is 0.895. The van der Waals surface area contributed by atoms with Crippen molar-refractivity contribution in [2.75, 3.05) is 4.90 Å². The van der Waals surface area contributed by atoms with E-state index in [0.29, 0.717) is 0 Å². The molecule has 0 aliphatic carbocycles. The van der Waals surface area contributed by atoms with Gasteiger partial charge in [-0.2, -0.15) is 0 Å². The summed E-state index contributed by atoms with van der Waals surface area (Å²) in [5.74, 6) is 0. The summed E-state index contributed by atoms with van der Waals surface area (Å²) < 4.78 is 8.96. The van der Waals surface area contributed by atoms with E-state index in [2.05, 4.69) is 264 Å². The number of rotatable bonds is 8. The van der Waals surface area contributed by atoms with E-state index >= 15 is 0 Å². The quantitative estimate of drug-likeness (QED) is 0.142. The fourth-order valence-electron chi connectivity index (χ4n) is 11.1. The van der Waals surface area contributed by atoms with Gasteiger partial charge in [0.2, 0.25) is 0 Å². The Bertz CT molecular complexity index is 4280. The second-order valence-corrected chi connectivity index (χ2v) is 18.4. The molecule has 3 heteroatoms. The lowest BCUT2D eigenvalue weighted by Gasteiger charge is -2.29. The number of hydrogen-bond acceptors (Lipinski definition) is 2. The Hall–Kier alpha value is -9.44. The lowest BCUT2D eigenvalue weighted by Crippen LogP contribution is -2.11. The molecule has 0 aliphatic heterocycles. The summed E-state index contributed by atoms with van der Waals surface area (Å²) in [6, 6.07) is 96.8. The molecule has 2 aromatic heterocycles. The fraction of sp³-hybridized carbons (Fsp3) is 0. The Morgan fingerprint density at radius 3 is 1.58 bits per heavy atom. The van der Waals surface area contributed by atoms with Crippen molar-refractivity contribution in [2.45, 2.75) is 0 Å². The molecule has 12 aromatic carbocycles. The van der Waals surface area contributed by atoms with Crippen molar-refractivity contribution in [1.29, 1.82) is 0 Å². The van der Waals surface area contributed by atoms with Crippen LogP contribution in [0.2, 0.25) is 0 Å². The lowest BCUT2D eigenvalue weighted by molar-refractivity contribution is 0.670. The number of nitrogens with zero attached hydrogens (tertiary/aromatic N) is 2. The van der Waals surface area contributed by atoms with Crippen LogP contribution in [0.4, 0.5) is 17.1 Å². The van der Waals surface area contributed by atoms with Gasteiger partial charge in [0.15, 0.2) is 0 Å². The lowest BCUT2D eigenvalue weighted by atomic mass is 9.92. The Morgan fingerprint density at radius 1 is 0.296 bits per heavy atom. The van der Waals surface area contributed by atoms with Crippen molar-refractivity contribution >= 4 is 82.4 Å². The highest BCUT2D eigenvalue weighted by Crippen LogP contribution is 2.46. The van der Waals surface area contributed by atoms with Gasteiger partial charge in [0, 0.05) is 49.6 Å². The number of furan rings is 1. The summed E-state index contributed by atoms with van der Waals surface area (Å²) in [6.07, 6.45) is 0. The molecule has 0 radical (unpaired) electrons. The number of fused-ring (bicyclic) bond motifs is 9. The van der Waals surface area contributed by atoms with Gasteiger partial charge in [-0.05, 0) is 104 Å². The second-order valence-electron chi connectivity index (χ2n) is 18.4. The van der Waals surface area contributed by atoms with Crippen molar-refractivity contribution < 1.29 is 4.42 Å². The molecule has 0 saturated carbocycles. The van der Waals surface area contributed by atoms with Gasteiger partial charge in [-0.1, -0.05) is 212 Å². The molecule has 71 heavy (non-hydrogen) atoms. The first-order valence-corrected chi connectivity index (χ1v) is 24.3. The SMILES string of the molecule is c1ccc(-c2ccc(-c3cccc4c3ccc3ccccc34)cc2N(c2ccc(-c3ccccc3-n3c4ccccc4c4ccccc43)cc2)c2ccc(-c3cccc4c3oc3ccccc34)cc2)cc1. The minimum Gasteiger partial charge on any atom is -0.455 e. The van der Waals surface area contributed by atoms with Crippen LogP contribution in [0, 0.1) is 0 Å². The number of hydrogen-bond donors (Lipinski definition) is 0. The zero-order valence-corrected chi connectivity index (χ0v) is 38.7. The molecule has 3 nitrogen and oxygen atoms in total. The van der Waals surface area contributed by atoms with Gasteiger partial charge in [-0.25, -0.2) is 0 Å². The molecule has 0 aliphatic rings. The smallest absolute Gasteiger partial charge is 0.143 e. The summed E-state index contributed by atoms with van der Waals surface area (Å²) in [5, 5.41) is 9.72. The average Bonchev–Trinajstić information content (AvgIpc) is 4.00. The molecule has 0 atom stereocenters. The highest BCUT2D eigenvalue weighted by Gasteiger charge is 2.22. The number of anilines is 3. The molecule has 0 amide bonds. The van der Waals surface area contributed by atoms with Crippen LogP contribution in [0.1, 0.15) is 0 Å². The van der Waals surface area contributed by atoms with Crippen LogP contribution in [-0.4, -0.2) is 4.57 Å². The number of aromatic nitrogens is 1. The Morgan fingerprint density at radius 2 is 0.831 bits per heavy atom. The summed E-state index contributed by atoms with van der Waals surface area (Å²) in [5.41, 5.74) is 17.6. The van der Waals surface area contributed by atoms with E-state index in [1.54, 1.807) is 0 Å². The summed E-state index contributed by atoms with van der Waals surface area (Å²) in [4.78, 5) is 2.43. The van der Waals surface area contributed by atoms with Crippen molar-refractivity contribution in [2.24, 2.45) is 0 Å². The second kappa shape index (κ2) is 16.7. The standard InChI is InChI=1S/C68H44N2O/c1-2-16-45(17-3-1)55-42-37-49(53-24-14-26-57-52-19-5-4-18-46(52)36-43-58(53)57)44-66(55)69(51-40-34-48(35-41-51)56-25-15-27-62-61-23-9-13-31-67(61)71-68(56)62)50-38-32-47(33-39-50)54-20-6-10-28-63(54)70-64-29-11-7-21-59(64)60-22-8-12-30-65(60)70/h1-44H. The van der Waals surface area contributed by atoms with Crippen LogP contribution in [0.5, 0.6) is 0 Å². The maximum absolute atomic E-state index is 6.54. The van der Waals surface area contributed by atoms with Crippen molar-refractivity contribution in [3.8, 4) is 50.2 Å². The maximum atomic E-state index is 6.54. The van der Waals surface area contributed by atoms with Crippen LogP contribution in [0.25, 0.3) is 115 Å². The first-order valence-electron chi connectivity index (χ1n) is 24.3. The Balaban J connectivity index is 0.956. The monoisotopic (exact) mass is 904 g/mol. The van der Waals surface area contributed by atoms with Gasteiger partial charge in [-0.15, -0.1) is 0 Å². The third kappa shape index (κ3) is 6.74. The molecule has 0 unspecified atom stereocenters. The van der Waals surface area contributed by atoms with E-state index in [0.717, 1.165) is 83.6 Å². The Kier molecular flexibility index (Phi) is 9.53. The minimum atomic E-state index is 0.895. The van der Waals surface area contributed by atoms with Gasteiger partial charge in [0.05, 0.1) is 22.4 Å². The van der Waals surface area contributed by atoms with Crippen LogP contribution in [0.3, 0.4) is 0 Å². The highest BCUT2D eigenvalue weighted by atomic mass is 16.3.